The first-order chi connectivity index (χ1) is 7.67. The maximum atomic E-state index is 11.7. The fraction of sp³-hybridized carbons (Fsp3) is 0.417. The van der Waals surface area contributed by atoms with Crippen molar-refractivity contribution in [2.45, 2.75) is 12.5 Å². The Bertz CT molecular complexity index is 417. The predicted molar refractivity (Wildman–Crippen MR) is 62.8 cm³/mol. The van der Waals surface area contributed by atoms with Gasteiger partial charge < -0.3 is 15.0 Å². The summed E-state index contributed by atoms with van der Waals surface area (Å²) in [6.45, 7) is 0. The molecule has 1 amide bonds. The monoisotopic (exact) mass is 220 g/mol. The first-order valence-electron chi connectivity index (χ1n) is 5.29. The van der Waals surface area contributed by atoms with Crippen LogP contribution in [0.2, 0.25) is 0 Å². The number of benzene rings is 1. The molecular weight excluding hydrogens is 204 g/mol. The van der Waals surface area contributed by atoms with Crippen LogP contribution >= 0.6 is 0 Å². The molecule has 1 aliphatic rings. The van der Waals surface area contributed by atoms with E-state index in [2.05, 4.69) is 5.32 Å². The van der Waals surface area contributed by atoms with Crippen LogP contribution in [0.1, 0.15) is 18.0 Å². The minimum Gasteiger partial charge on any atom is -0.497 e. The molecular formula is C12H16N2O2. The molecule has 16 heavy (non-hydrogen) atoms. The molecule has 0 aliphatic carbocycles. The Hall–Kier alpha value is -1.55. The molecule has 1 aromatic carbocycles. The molecule has 1 atom stereocenters. The van der Waals surface area contributed by atoms with Crippen molar-refractivity contribution >= 4 is 11.6 Å². The molecule has 86 valence electrons. The molecule has 4 heteroatoms. The lowest BCUT2D eigenvalue weighted by Gasteiger charge is -2.31. The fourth-order valence-corrected chi connectivity index (χ4v) is 2.06. The number of fused-ring (bicyclic) bond motifs is 1. The van der Waals surface area contributed by atoms with Gasteiger partial charge in [0.1, 0.15) is 5.75 Å². The minimum absolute atomic E-state index is 0.0776. The third-order valence-corrected chi connectivity index (χ3v) is 3.07. The number of hydrogen-bond acceptors (Lipinski definition) is 3. The molecule has 0 saturated heterocycles. The highest BCUT2D eigenvalue weighted by Crippen LogP contribution is 2.35. The SMILES string of the molecule is CNC1CC(=O)N(C)c2ccc(OC)cc21. The number of anilines is 1. The van der Waals surface area contributed by atoms with Crippen LogP contribution in [0.25, 0.3) is 0 Å². The van der Waals surface area contributed by atoms with Gasteiger partial charge in [-0.2, -0.15) is 0 Å². The topological polar surface area (TPSA) is 41.6 Å². The summed E-state index contributed by atoms with van der Waals surface area (Å²) < 4.78 is 5.20. The highest BCUT2D eigenvalue weighted by Gasteiger charge is 2.28. The van der Waals surface area contributed by atoms with Crippen LogP contribution in [0.3, 0.4) is 0 Å². The zero-order valence-electron chi connectivity index (χ0n) is 9.78. The van der Waals surface area contributed by atoms with Gasteiger partial charge in [0.25, 0.3) is 0 Å². The van der Waals surface area contributed by atoms with Crippen LogP contribution < -0.4 is 15.0 Å². The summed E-state index contributed by atoms with van der Waals surface area (Å²) in [6, 6.07) is 5.86. The molecule has 0 saturated carbocycles. The van der Waals surface area contributed by atoms with Crippen LogP contribution in [-0.2, 0) is 4.79 Å². The summed E-state index contributed by atoms with van der Waals surface area (Å²) in [5.74, 6) is 0.957. The van der Waals surface area contributed by atoms with E-state index in [1.807, 2.05) is 25.2 Å². The molecule has 1 heterocycles. The average molecular weight is 220 g/mol. The Morgan fingerprint density at radius 2 is 2.25 bits per heavy atom. The molecule has 0 fully saturated rings. The number of carbonyl (C=O) groups excluding carboxylic acids is 1. The minimum atomic E-state index is 0.0776. The fourth-order valence-electron chi connectivity index (χ4n) is 2.06. The van der Waals surface area contributed by atoms with E-state index in [1.54, 1.807) is 19.1 Å². The Balaban J connectivity index is 2.50. The number of carbonyl (C=O) groups is 1. The molecule has 1 N–H and O–H groups in total. The number of ether oxygens (including phenoxy) is 1. The Labute approximate surface area is 95.2 Å². The maximum absolute atomic E-state index is 11.7. The zero-order chi connectivity index (χ0) is 11.7. The summed E-state index contributed by atoms with van der Waals surface area (Å²) in [6.07, 6.45) is 0.493. The lowest BCUT2D eigenvalue weighted by atomic mass is 9.96. The number of rotatable bonds is 2. The van der Waals surface area contributed by atoms with Gasteiger partial charge in [-0.1, -0.05) is 0 Å². The van der Waals surface area contributed by atoms with Gasteiger partial charge in [-0.15, -0.1) is 0 Å². The Kier molecular flexibility index (Phi) is 2.83. The van der Waals surface area contributed by atoms with Crippen LogP contribution in [0.15, 0.2) is 18.2 Å². The smallest absolute Gasteiger partial charge is 0.228 e. The van der Waals surface area contributed by atoms with Crippen LogP contribution in [0, 0.1) is 0 Å². The van der Waals surface area contributed by atoms with Crippen molar-refractivity contribution in [3.63, 3.8) is 0 Å². The van der Waals surface area contributed by atoms with Crippen LogP contribution in [0.4, 0.5) is 5.69 Å². The number of amides is 1. The van der Waals surface area contributed by atoms with E-state index in [0.29, 0.717) is 6.42 Å². The van der Waals surface area contributed by atoms with E-state index < -0.39 is 0 Å². The summed E-state index contributed by atoms with van der Waals surface area (Å²) in [7, 11) is 5.32. The van der Waals surface area contributed by atoms with Crippen molar-refractivity contribution in [2.75, 3.05) is 26.1 Å². The summed E-state index contributed by atoms with van der Waals surface area (Å²) in [5, 5.41) is 3.16. The summed E-state index contributed by atoms with van der Waals surface area (Å²) in [4.78, 5) is 13.4. The van der Waals surface area contributed by atoms with Gasteiger partial charge >= 0.3 is 0 Å². The Morgan fingerprint density at radius 1 is 1.50 bits per heavy atom. The molecule has 0 bridgehead atoms. The molecule has 4 nitrogen and oxygen atoms in total. The van der Waals surface area contributed by atoms with E-state index >= 15 is 0 Å². The maximum Gasteiger partial charge on any atom is 0.228 e. The number of methoxy groups -OCH3 is 1. The molecule has 0 radical (unpaired) electrons. The van der Waals surface area contributed by atoms with Crippen molar-refractivity contribution in [1.82, 2.24) is 5.32 Å². The van der Waals surface area contributed by atoms with Gasteiger partial charge in [0.2, 0.25) is 5.91 Å². The van der Waals surface area contributed by atoms with Crippen molar-refractivity contribution < 1.29 is 9.53 Å². The van der Waals surface area contributed by atoms with Gasteiger partial charge in [-0.25, -0.2) is 0 Å². The van der Waals surface area contributed by atoms with Gasteiger partial charge in [-0.05, 0) is 30.8 Å². The van der Waals surface area contributed by atoms with Gasteiger partial charge in [0, 0.05) is 25.2 Å². The van der Waals surface area contributed by atoms with Crippen molar-refractivity contribution in [3.05, 3.63) is 23.8 Å². The molecule has 1 unspecified atom stereocenters. The molecule has 0 spiro atoms. The first-order valence-corrected chi connectivity index (χ1v) is 5.29. The second kappa shape index (κ2) is 4.14. The second-order valence-corrected chi connectivity index (χ2v) is 3.92. The third kappa shape index (κ3) is 1.65. The molecule has 1 aliphatic heterocycles. The number of hydrogen-bond donors (Lipinski definition) is 1. The molecule has 1 aromatic rings. The van der Waals surface area contributed by atoms with E-state index in [1.165, 1.54) is 0 Å². The predicted octanol–water partition coefficient (Wildman–Crippen LogP) is 1.32. The van der Waals surface area contributed by atoms with Gasteiger partial charge in [0.05, 0.1) is 7.11 Å². The van der Waals surface area contributed by atoms with Gasteiger partial charge in [0.15, 0.2) is 0 Å². The van der Waals surface area contributed by atoms with E-state index in [9.17, 15) is 4.79 Å². The lowest BCUT2D eigenvalue weighted by Crippen LogP contribution is -2.36. The van der Waals surface area contributed by atoms with Crippen molar-refractivity contribution in [1.29, 1.82) is 0 Å². The summed E-state index contributed by atoms with van der Waals surface area (Å²) >= 11 is 0. The molecule has 2 rings (SSSR count). The first kappa shape index (κ1) is 11.0. The highest BCUT2D eigenvalue weighted by atomic mass is 16.5. The summed E-state index contributed by atoms with van der Waals surface area (Å²) in [5.41, 5.74) is 2.07. The zero-order valence-corrected chi connectivity index (χ0v) is 9.78. The van der Waals surface area contributed by atoms with Crippen molar-refractivity contribution in [3.8, 4) is 5.75 Å². The molecule has 0 aromatic heterocycles. The van der Waals surface area contributed by atoms with E-state index in [4.69, 9.17) is 4.74 Å². The largest absolute Gasteiger partial charge is 0.497 e. The second-order valence-electron chi connectivity index (χ2n) is 3.92. The van der Waals surface area contributed by atoms with E-state index in [0.717, 1.165) is 17.0 Å². The number of nitrogens with one attached hydrogen (secondary N) is 1. The highest BCUT2D eigenvalue weighted by molar-refractivity contribution is 5.96. The van der Waals surface area contributed by atoms with Crippen LogP contribution in [-0.4, -0.2) is 27.1 Å². The third-order valence-electron chi connectivity index (χ3n) is 3.07. The number of nitrogens with zero attached hydrogens (tertiary/aromatic N) is 1. The Morgan fingerprint density at radius 3 is 2.88 bits per heavy atom. The van der Waals surface area contributed by atoms with E-state index in [-0.39, 0.29) is 11.9 Å². The standard InChI is InChI=1S/C12H16N2O2/c1-13-10-7-12(15)14(2)11-5-4-8(16-3)6-9(10)11/h4-6,10,13H,7H2,1-3H3. The van der Waals surface area contributed by atoms with Crippen LogP contribution in [0.5, 0.6) is 5.75 Å². The lowest BCUT2D eigenvalue weighted by molar-refractivity contribution is -0.119. The van der Waals surface area contributed by atoms with Crippen molar-refractivity contribution in [2.24, 2.45) is 0 Å². The normalized spacial score (nSPS) is 19.6. The average Bonchev–Trinajstić information content (AvgIpc) is 2.33. The van der Waals surface area contributed by atoms with Gasteiger partial charge in [-0.3, -0.25) is 4.79 Å². The quantitative estimate of drug-likeness (QED) is 0.817.